The molecule has 0 N–H and O–H groups in total. The molecule has 1 fully saturated rings. The largest absolute Gasteiger partial charge is 0.444 e. The Morgan fingerprint density at radius 1 is 1.45 bits per heavy atom. The van der Waals surface area contributed by atoms with Crippen LogP contribution in [0.25, 0.3) is 0 Å². The number of carbonyl (C=O) groups is 1. The number of carbonyl (C=O) groups excluding carboxylic acids is 1. The van der Waals surface area contributed by atoms with E-state index in [-0.39, 0.29) is 11.3 Å². The van der Waals surface area contributed by atoms with E-state index in [1.165, 1.54) is 0 Å². The molecule has 7 heteroatoms. The summed E-state index contributed by atoms with van der Waals surface area (Å²) in [7, 11) is -1.31. The third-order valence-corrected chi connectivity index (χ3v) is 4.83. The summed E-state index contributed by atoms with van der Waals surface area (Å²) in [6.45, 7) is 8.41. The van der Waals surface area contributed by atoms with E-state index < -0.39 is 16.4 Å². The lowest BCUT2D eigenvalue weighted by Crippen LogP contribution is -2.46. The van der Waals surface area contributed by atoms with Crippen molar-refractivity contribution in [2.45, 2.75) is 56.5 Å². The third kappa shape index (κ3) is 4.50. The molecule has 1 aliphatic rings. The van der Waals surface area contributed by atoms with Crippen LogP contribution in [-0.2, 0) is 15.5 Å². The first-order chi connectivity index (χ1) is 10.3. The molecule has 0 bridgehead atoms. The molecule has 1 saturated heterocycles. The first-order valence-electron chi connectivity index (χ1n) is 7.44. The Hall–Kier alpha value is -1.50. The Kier molecular flexibility index (Phi) is 5.16. The average Bonchev–Trinajstić information content (AvgIpc) is 2.45. The number of likely N-dealkylation sites (tertiary alicyclic amines) is 1. The van der Waals surface area contributed by atoms with Gasteiger partial charge in [0.2, 0.25) is 5.16 Å². The first kappa shape index (κ1) is 16.9. The van der Waals surface area contributed by atoms with Crippen molar-refractivity contribution in [3.63, 3.8) is 0 Å². The summed E-state index contributed by atoms with van der Waals surface area (Å²) in [6, 6.07) is 1.77. The standard InChI is InChI=1S/C15H23N3O3S/c1-11-7-8-16-13(17-11)22(20)12-6-5-9-18(10-12)14(19)21-15(2,3)4/h7-8,12H,5-6,9-10H2,1-4H3/t12-,22+/m1/s1. The van der Waals surface area contributed by atoms with E-state index in [9.17, 15) is 9.00 Å². The molecule has 1 aliphatic heterocycles. The van der Waals surface area contributed by atoms with Crippen LogP contribution >= 0.6 is 0 Å². The second-order valence-corrected chi connectivity index (χ2v) is 8.10. The van der Waals surface area contributed by atoms with Gasteiger partial charge in [0.05, 0.1) is 16.0 Å². The van der Waals surface area contributed by atoms with Gasteiger partial charge in [-0.1, -0.05) is 0 Å². The van der Waals surface area contributed by atoms with E-state index >= 15 is 0 Å². The summed E-state index contributed by atoms with van der Waals surface area (Å²) in [4.78, 5) is 22.1. The maximum Gasteiger partial charge on any atom is 0.410 e. The zero-order valence-electron chi connectivity index (χ0n) is 13.5. The molecule has 0 saturated carbocycles. The van der Waals surface area contributed by atoms with Gasteiger partial charge in [-0.05, 0) is 46.6 Å². The monoisotopic (exact) mass is 325 g/mol. The molecular formula is C15H23N3O3S. The van der Waals surface area contributed by atoms with Crippen molar-refractivity contribution < 1.29 is 13.7 Å². The van der Waals surface area contributed by atoms with Gasteiger partial charge in [-0.3, -0.25) is 4.21 Å². The van der Waals surface area contributed by atoms with Crippen LogP contribution < -0.4 is 0 Å². The van der Waals surface area contributed by atoms with Gasteiger partial charge < -0.3 is 9.64 Å². The Bertz CT molecular complexity index is 571. The fraction of sp³-hybridized carbons (Fsp3) is 0.667. The Labute approximate surface area is 133 Å². The van der Waals surface area contributed by atoms with Gasteiger partial charge in [-0.2, -0.15) is 0 Å². The maximum atomic E-state index is 12.6. The molecule has 22 heavy (non-hydrogen) atoms. The van der Waals surface area contributed by atoms with Crippen LogP contribution in [0.1, 0.15) is 39.3 Å². The zero-order chi connectivity index (χ0) is 16.3. The summed E-state index contributed by atoms with van der Waals surface area (Å²) in [6.07, 6.45) is 2.87. The van der Waals surface area contributed by atoms with Crippen LogP contribution in [0.3, 0.4) is 0 Å². The van der Waals surface area contributed by atoms with Gasteiger partial charge in [0.1, 0.15) is 5.60 Å². The molecule has 2 atom stereocenters. The van der Waals surface area contributed by atoms with E-state index in [0.29, 0.717) is 18.2 Å². The molecule has 2 heterocycles. The minimum Gasteiger partial charge on any atom is -0.444 e. The van der Waals surface area contributed by atoms with Crippen LogP contribution in [-0.4, -0.2) is 49.1 Å². The Morgan fingerprint density at radius 3 is 2.82 bits per heavy atom. The molecule has 0 aromatic carbocycles. The van der Waals surface area contributed by atoms with Gasteiger partial charge >= 0.3 is 6.09 Å². The lowest BCUT2D eigenvalue weighted by molar-refractivity contribution is 0.0219. The highest BCUT2D eigenvalue weighted by molar-refractivity contribution is 7.85. The molecule has 122 valence electrons. The lowest BCUT2D eigenvalue weighted by Gasteiger charge is -2.33. The predicted molar refractivity (Wildman–Crippen MR) is 84.0 cm³/mol. The lowest BCUT2D eigenvalue weighted by atomic mass is 10.1. The second-order valence-electron chi connectivity index (χ2n) is 6.47. The van der Waals surface area contributed by atoms with Crippen LogP contribution in [0.15, 0.2) is 17.4 Å². The van der Waals surface area contributed by atoms with E-state index in [0.717, 1.165) is 18.5 Å². The molecular weight excluding hydrogens is 302 g/mol. The normalized spacial score (nSPS) is 20.5. The molecule has 6 nitrogen and oxygen atoms in total. The van der Waals surface area contributed by atoms with Gasteiger partial charge in [0.25, 0.3) is 0 Å². The third-order valence-electron chi connectivity index (χ3n) is 3.29. The van der Waals surface area contributed by atoms with Gasteiger partial charge in [-0.15, -0.1) is 0 Å². The molecule has 1 aromatic heterocycles. The number of amides is 1. The fourth-order valence-corrected chi connectivity index (χ4v) is 3.67. The first-order valence-corrected chi connectivity index (χ1v) is 8.66. The summed E-state index contributed by atoms with van der Waals surface area (Å²) in [5.74, 6) is 0. The summed E-state index contributed by atoms with van der Waals surface area (Å²) < 4.78 is 18.0. The van der Waals surface area contributed by atoms with Crippen molar-refractivity contribution in [2.75, 3.05) is 13.1 Å². The highest BCUT2D eigenvalue weighted by atomic mass is 32.2. The van der Waals surface area contributed by atoms with Crippen LogP contribution in [0.5, 0.6) is 0 Å². The molecule has 0 unspecified atom stereocenters. The molecule has 0 radical (unpaired) electrons. The SMILES string of the molecule is Cc1ccnc([S@@](=O)[C@@H]2CCCN(C(=O)OC(C)(C)C)C2)n1. The number of aryl methyl sites for hydroxylation is 1. The fourth-order valence-electron chi connectivity index (χ4n) is 2.28. The van der Waals surface area contributed by atoms with E-state index in [1.807, 2.05) is 27.7 Å². The highest BCUT2D eigenvalue weighted by Gasteiger charge is 2.31. The highest BCUT2D eigenvalue weighted by Crippen LogP contribution is 2.20. The van der Waals surface area contributed by atoms with Crippen LogP contribution in [0, 0.1) is 6.92 Å². The zero-order valence-corrected chi connectivity index (χ0v) is 14.4. The molecule has 1 amide bonds. The number of hydrogen-bond acceptors (Lipinski definition) is 5. The van der Waals surface area contributed by atoms with Crippen molar-refractivity contribution in [3.05, 3.63) is 18.0 Å². The van der Waals surface area contributed by atoms with Crippen molar-refractivity contribution in [1.29, 1.82) is 0 Å². The van der Waals surface area contributed by atoms with Gasteiger partial charge in [-0.25, -0.2) is 14.8 Å². The Balaban J connectivity index is 2.04. The number of ether oxygens (including phenoxy) is 1. The number of hydrogen-bond donors (Lipinski definition) is 0. The van der Waals surface area contributed by atoms with Crippen molar-refractivity contribution in [3.8, 4) is 0 Å². The van der Waals surface area contributed by atoms with E-state index in [4.69, 9.17) is 4.74 Å². The average molecular weight is 325 g/mol. The molecule has 1 aromatic rings. The van der Waals surface area contributed by atoms with Crippen LogP contribution in [0.4, 0.5) is 4.79 Å². The summed E-state index contributed by atoms with van der Waals surface area (Å²) in [5, 5.41) is 0.194. The van der Waals surface area contributed by atoms with Crippen molar-refractivity contribution in [1.82, 2.24) is 14.9 Å². The second kappa shape index (κ2) is 6.73. The number of aromatic nitrogens is 2. The van der Waals surface area contributed by atoms with Gasteiger partial charge in [0.15, 0.2) is 0 Å². The number of rotatable bonds is 2. The predicted octanol–water partition coefficient (Wildman–Crippen LogP) is 2.29. The minimum atomic E-state index is -1.31. The quantitative estimate of drug-likeness (QED) is 0.780. The number of piperidine rings is 1. The van der Waals surface area contributed by atoms with E-state index in [1.54, 1.807) is 17.2 Å². The van der Waals surface area contributed by atoms with Gasteiger partial charge in [0, 0.05) is 25.0 Å². The summed E-state index contributed by atoms with van der Waals surface area (Å²) >= 11 is 0. The van der Waals surface area contributed by atoms with E-state index in [2.05, 4.69) is 9.97 Å². The van der Waals surface area contributed by atoms with Crippen molar-refractivity contribution in [2.24, 2.45) is 0 Å². The molecule has 0 aliphatic carbocycles. The smallest absolute Gasteiger partial charge is 0.410 e. The molecule has 0 spiro atoms. The van der Waals surface area contributed by atoms with Crippen molar-refractivity contribution >= 4 is 16.9 Å². The minimum absolute atomic E-state index is 0.150. The topological polar surface area (TPSA) is 72.4 Å². The number of nitrogens with zero attached hydrogens (tertiary/aromatic N) is 3. The Morgan fingerprint density at radius 2 is 2.18 bits per heavy atom. The van der Waals surface area contributed by atoms with Crippen LogP contribution in [0.2, 0.25) is 0 Å². The molecule has 2 rings (SSSR count). The maximum absolute atomic E-state index is 12.6. The summed E-state index contributed by atoms with van der Waals surface area (Å²) in [5.41, 5.74) is 0.265.